The lowest BCUT2D eigenvalue weighted by molar-refractivity contribution is 0.668. The Balaban J connectivity index is 1.15. The lowest BCUT2D eigenvalue weighted by atomic mass is 9.93. The van der Waals surface area contributed by atoms with Gasteiger partial charge in [0.25, 0.3) is 0 Å². The van der Waals surface area contributed by atoms with Crippen LogP contribution in [0.25, 0.3) is 88.4 Å². The second-order valence-corrected chi connectivity index (χ2v) is 11.3. The number of para-hydroxylation sites is 2. The maximum absolute atomic E-state index is 6.43. The van der Waals surface area contributed by atoms with Gasteiger partial charge in [-0.15, -0.1) is 0 Å². The summed E-state index contributed by atoms with van der Waals surface area (Å²) in [6.07, 6.45) is 0. The molecule has 0 radical (unpaired) electrons. The number of fused-ring (bicyclic) bond motifs is 6. The summed E-state index contributed by atoms with van der Waals surface area (Å²) in [6, 6.07) is 55.6. The van der Waals surface area contributed by atoms with Crippen molar-refractivity contribution in [2.45, 2.75) is 0 Å². The molecule has 0 aliphatic heterocycles. The zero-order valence-corrected chi connectivity index (χ0v) is 23.8. The predicted octanol–water partition coefficient (Wildman–Crippen LogP) is 12.2. The number of rotatable bonds is 4. The van der Waals surface area contributed by atoms with Crippen molar-refractivity contribution in [1.29, 1.82) is 0 Å². The van der Waals surface area contributed by atoms with E-state index in [9.17, 15) is 0 Å². The van der Waals surface area contributed by atoms with Gasteiger partial charge in [-0.3, -0.25) is 0 Å². The van der Waals surface area contributed by atoms with E-state index in [4.69, 9.17) is 8.83 Å². The van der Waals surface area contributed by atoms with Gasteiger partial charge in [0.15, 0.2) is 0 Å². The minimum atomic E-state index is 0.879. The van der Waals surface area contributed by atoms with Crippen molar-refractivity contribution in [3.63, 3.8) is 0 Å². The lowest BCUT2D eigenvalue weighted by Gasteiger charge is -2.10. The van der Waals surface area contributed by atoms with Crippen molar-refractivity contribution in [3.05, 3.63) is 158 Å². The van der Waals surface area contributed by atoms with E-state index in [2.05, 4.69) is 127 Å². The first-order chi connectivity index (χ1) is 21.8. The highest BCUT2D eigenvalue weighted by Crippen LogP contribution is 2.42. The van der Waals surface area contributed by atoms with E-state index in [1.165, 1.54) is 22.3 Å². The van der Waals surface area contributed by atoms with Gasteiger partial charge in [0, 0.05) is 21.5 Å². The molecular formula is C42H26O2. The fraction of sp³-hybridized carbons (Fsp3) is 0. The highest BCUT2D eigenvalue weighted by Gasteiger charge is 2.17. The molecule has 9 aromatic rings. The van der Waals surface area contributed by atoms with E-state index in [1.807, 2.05) is 30.3 Å². The second kappa shape index (κ2) is 9.86. The van der Waals surface area contributed by atoms with E-state index in [-0.39, 0.29) is 0 Å². The summed E-state index contributed by atoms with van der Waals surface area (Å²) in [6.45, 7) is 0. The standard InChI is InChI=1S/C42H26O2/c1-2-8-27(9-3-1)28-14-16-29(17-15-28)30-18-20-31(21-19-30)33-24-37(42-36-11-5-7-13-39(36)44-41(42)26-33)32-22-23-35-34-10-4-6-12-38(34)43-40(35)25-32/h1-26H. The van der Waals surface area contributed by atoms with Crippen molar-refractivity contribution in [3.8, 4) is 44.5 Å². The smallest absolute Gasteiger partial charge is 0.136 e. The summed E-state index contributed by atoms with van der Waals surface area (Å²) in [5.74, 6) is 0. The molecule has 0 unspecified atom stereocenters. The molecule has 0 saturated carbocycles. The largest absolute Gasteiger partial charge is 0.456 e. The molecule has 0 saturated heterocycles. The van der Waals surface area contributed by atoms with Crippen molar-refractivity contribution in [2.24, 2.45) is 0 Å². The van der Waals surface area contributed by atoms with E-state index < -0.39 is 0 Å². The Labute approximate surface area is 254 Å². The quantitative estimate of drug-likeness (QED) is 0.213. The van der Waals surface area contributed by atoms with Gasteiger partial charge in [-0.2, -0.15) is 0 Å². The van der Waals surface area contributed by atoms with Crippen molar-refractivity contribution >= 4 is 43.9 Å². The molecule has 206 valence electrons. The van der Waals surface area contributed by atoms with E-state index in [0.29, 0.717) is 0 Å². The van der Waals surface area contributed by atoms with E-state index >= 15 is 0 Å². The van der Waals surface area contributed by atoms with Crippen LogP contribution in [0.5, 0.6) is 0 Å². The van der Waals surface area contributed by atoms with Crippen LogP contribution in [0.2, 0.25) is 0 Å². The van der Waals surface area contributed by atoms with Gasteiger partial charge in [-0.25, -0.2) is 0 Å². The molecule has 0 spiro atoms. The highest BCUT2D eigenvalue weighted by molar-refractivity contribution is 6.15. The maximum Gasteiger partial charge on any atom is 0.136 e. The summed E-state index contributed by atoms with van der Waals surface area (Å²) in [4.78, 5) is 0. The van der Waals surface area contributed by atoms with Crippen LogP contribution in [0.15, 0.2) is 167 Å². The van der Waals surface area contributed by atoms with Crippen LogP contribution < -0.4 is 0 Å². The summed E-state index contributed by atoms with van der Waals surface area (Å²) in [7, 11) is 0. The molecule has 0 amide bonds. The minimum absolute atomic E-state index is 0.879. The third kappa shape index (κ3) is 4.04. The Morgan fingerprint density at radius 1 is 0.273 bits per heavy atom. The van der Waals surface area contributed by atoms with Gasteiger partial charge in [0.2, 0.25) is 0 Å². The monoisotopic (exact) mass is 562 g/mol. The molecule has 0 aliphatic carbocycles. The molecule has 0 fully saturated rings. The normalized spacial score (nSPS) is 11.6. The van der Waals surface area contributed by atoms with Crippen LogP contribution in [-0.4, -0.2) is 0 Å². The van der Waals surface area contributed by atoms with Crippen LogP contribution in [0.1, 0.15) is 0 Å². The minimum Gasteiger partial charge on any atom is -0.456 e. The van der Waals surface area contributed by atoms with Gasteiger partial charge in [-0.1, -0.05) is 121 Å². The molecule has 9 rings (SSSR count). The number of furan rings is 2. The molecule has 44 heavy (non-hydrogen) atoms. The van der Waals surface area contributed by atoms with Gasteiger partial charge in [0.05, 0.1) is 0 Å². The van der Waals surface area contributed by atoms with Gasteiger partial charge in [-0.05, 0) is 80.9 Å². The Hall–Kier alpha value is -5.86. The molecule has 2 aromatic heterocycles. The van der Waals surface area contributed by atoms with Gasteiger partial charge >= 0.3 is 0 Å². The average molecular weight is 563 g/mol. The van der Waals surface area contributed by atoms with E-state index in [0.717, 1.165) is 66.1 Å². The molecule has 0 aliphatic rings. The van der Waals surface area contributed by atoms with Crippen molar-refractivity contribution < 1.29 is 8.83 Å². The maximum atomic E-state index is 6.43. The van der Waals surface area contributed by atoms with Crippen LogP contribution >= 0.6 is 0 Å². The summed E-state index contributed by atoms with van der Waals surface area (Å²) < 4.78 is 12.7. The SMILES string of the molecule is c1ccc(-c2ccc(-c3ccc(-c4cc(-c5ccc6c(c5)oc5ccccc56)c5c(c4)oc4ccccc45)cc3)cc2)cc1. The molecule has 2 heteroatoms. The molecule has 0 bridgehead atoms. The Kier molecular flexibility index (Phi) is 5.54. The summed E-state index contributed by atoms with van der Waals surface area (Å²) in [5.41, 5.74) is 12.9. The van der Waals surface area contributed by atoms with Crippen molar-refractivity contribution in [2.75, 3.05) is 0 Å². The molecule has 0 atom stereocenters. The van der Waals surface area contributed by atoms with Gasteiger partial charge < -0.3 is 8.83 Å². The summed E-state index contributed by atoms with van der Waals surface area (Å²) >= 11 is 0. The fourth-order valence-electron chi connectivity index (χ4n) is 6.48. The van der Waals surface area contributed by atoms with Crippen LogP contribution in [0.3, 0.4) is 0 Å². The number of benzene rings is 7. The average Bonchev–Trinajstić information content (AvgIpc) is 3.66. The van der Waals surface area contributed by atoms with Crippen LogP contribution in [0.4, 0.5) is 0 Å². The van der Waals surface area contributed by atoms with Crippen LogP contribution in [0, 0.1) is 0 Å². The molecular weight excluding hydrogens is 536 g/mol. The topological polar surface area (TPSA) is 26.3 Å². The Bertz CT molecular complexity index is 2460. The zero-order valence-electron chi connectivity index (χ0n) is 23.8. The van der Waals surface area contributed by atoms with Gasteiger partial charge in [0.1, 0.15) is 22.3 Å². The second-order valence-electron chi connectivity index (χ2n) is 11.3. The highest BCUT2D eigenvalue weighted by atomic mass is 16.3. The first-order valence-electron chi connectivity index (χ1n) is 14.9. The number of hydrogen-bond acceptors (Lipinski definition) is 2. The molecule has 0 N–H and O–H groups in total. The third-order valence-corrected chi connectivity index (χ3v) is 8.71. The van der Waals surface area contributed by atoms with Crippen molar-refractivity contribution in [1.82, 2.24) is 0 Å². The third-order valence-electron chi connectivity index (χ3n) is 8.71. The van der Waals surface area contributed by atoms with E-state index in [1.54, 1.807) is 0 Å². The first kappa shape index (κ1) is 24.7. The Morgan fingerprint density at radius 2 is 0.727 bits per heavy atom. The first-order valence-corrected chi connectivity index (χ1v) is 14.9. The predicted molar refractivity (Wildman–Crippen MR) is 183 cm³/mol. The Morgan fingerprint density at radius 3 is 1.41 bits per heavy atom. The fourth-order valence-corrected chi connectivity index (χ4v) is 6.48. The van der Waals surface area contributed by atoms with Crippen LogP contribution in [-0.2, 0) is 0 Å². The summed E-state index contributed by atoms with van der Waals surface area (Å²) in [5, 5.41) is 4.50. The zero-order chi connectivity index (χ0) is 29.0. The number of hydrogen-bond donors (Lipinski definition) is 0. The lowest BCUT2D eigenvalue weighted by Crippen LogP contribution is -1.85. The molecule has 2 heterocycles. The molecule has 2 nitrogen and oxygen atoms in total. The molecule has 7 aromatic carbocycles.